The number of methoxy groups -OCH3 is 1. The minimum absolute atomic E-state index is 0.294. The lowest BCUT2D eigenvalue weighted by Crippen LogP contribution is -2.34. The number of carbonyl (C=O) groups is 2. The average molecular weight is 493 g/mol. The number of amides is 2. The first-order valence-electron chi connectivity index (χ1n) is 11.6. The van der Waals surface area contributed by atoms with Crippen molar-refractivity contribution >= 4 is 23.2 Å². The molecule has 0 atom stereocenters. The Morgan fingerprint density at radius 2 is 1.61 bits per heavy atom. The number of anilines is 2. The number of ether oxygens (including phenoxy) is 4. The summed E-state index contributed by atoms with van der Waals surface area (Å²) in [7, 11) is 1.44. The fourth-order valence-corrected chi connectivity index (χ4v) is 4.29. The van der Waals surface area contributed by atoms with Gasteiger partial charge in [0.1, 0.15) is 5.82 Å². The van der Waals surface area contributed by atoms with Gasteiger partial charge in [-0.1, -0.05) is 0 Å². The van der Waals surface area contributed by atoms with E-state index in [1.807, 2.05) is 0 Å². The second-order valence-corrected chi connectivity index (χ2v) is 8.65. The molecule has 1 aliphatic carbocycles. The summed E-state index contributed by atoms with van der Waals surface area (Å²) in [5.41, 5.74) is 1.37. The zero-order valence-electron chi connectivity index (χ0n) is 19.6. The molecule has 2 amide bonds. The van der Waals surface area contributed by atoms with Crippen molar-refractivity contribution in [3.8, 4) is 23.0 Å². The van der Waals surface area contributed by atoms with Gasteiger partial charge in [-0.25, -0.2) is 4.39 Å². The number of halogens is 1. The molecule has 0 aromatic heterocycles. The van der Waals surface area contributed by atoms with Crippen molar-refractivity contribution in [1.82, 2.24) is 0 Å². The first-order chi connectivity index (χ1) is 17.4. The first kappa shape index (κ1) is 23.5. The molecule has 1 fully saturated rings. The van der Waals surface area contributed by atoms with Crippen molar-refractivity contribution in [3.63, 3.8) is 0 Å². The molecule has 1 saturated carbocycles. The number of rotatable bonds is 7. The molecular weight excluding hydrogens is 467 g/mol. The normalized spacial score (nSPS) is 14.9. The summed E-state index contributed by atoms with van der Waals surface area (Å²) in [6, 6.07) is 15.4. The molecule has 5 rings (SSSR count). The number of nitrogens with one attached hydrogen (secondary N) is 2. The van der Waals surface area contributed by atoms with Gasteiger partial charge in [-0.05, 0) is 67.4 Å². The van der Waals surface area contributed by atoms with Gasteiger partial charge in [0.25, 0.3) is 17.6 Å². The van der Waals surface area contributed by atoms with Crippen LogP contribution >= 0.6 is 0 Å². The van der Waals surface area contributed by atoms with Crippen molar-refractivity contribution in [2.24, 2.45) is 0 Å². The minimum atomic E-state index is -0.565. The van der Waals surface area contributed by atoms with E-state index in [4.69, 9.17) is 18.9 Å². The van der Waals surface area contributed by atoms with Gasteiger partial charge < -0.3 is 29.6 Å². The van der Waals surface area contributed by atoms with E-state index in [9.17, 15) is 14.0 Å². The summed E-state index contributed by atoms with van der Waals surface area (Å²) in [6.07, 6.45) is 3.84. The Hall–Kier alpha value is -4.27. The van der Waals surface area contributed by atoms with Crippen molar-refractivity contribution < 1.29 is 32.9 Å². The predicted octanol–water partition coefficient (Wildman–Crippen LogP) is 5.15. The van der Waals surface area contributed by atoms with Crippen LogP contribution in [0.4, 0.5) is 15.8 Å². The maximum absolute atomic E-state index is 13.0. The summed E-state index contributed by atoms with van der Waals surface area (Å²) >= 11 is 0. The van der Waals surface area contributed by atoms with Crippen molar-refractivity contribution in [3.05, 3.63) is 72.0 Å². The number of hydrogen-bond acceptors (Lipinski definition) is 6. The van der Waals surface area contributed by atoms with Crippen LogP contribution in [0.25, 0.3) is 0 Å². The molecule has 1 aliphatic heterocycles. The lowest BCUT2D eigenvalue weighted by atomic mass is 10.1. The Morgan fingerprint density at radius 3 is 2.36 bits per heavy atom. The summed E-state index contributed by atoms with van der Waals surface area (Å²) in [5, 5.41) is 5.47. The second-order valence-electron chi connectivity index (χ2n) is 8.65. The van der Waals surface area contributed by atoms with Crippen LogP contribution in [-0.4, -0.2) is 31.3 Å². The molecule has 2 N–H and O–H groups in total. The van der Waals surface area contributed by atoms with Crippen LogP contribution in [0.2, 0.25) is 0 Å². The van der Waals surface area contributed by atoms with Crippen molar-refractivity contribution in [2.45, 2.75) is 31.5 Å². The topological polar surface area (TPSA) is 95.1 Å². The SMILES string of the molecule is COc1cc(C(=O)Nc2ccc3c(c2)OC2(CCCC2)O3)ccc1OCC(=O)Nc1ccc(F)cc1. The van der Waals surface area contributed by atoms with Crippen LogP contribution in [0, 0.1) is 5.82 Å². The van der Waals surface area contributed by atoms with E-state index in [1.54, 1.807) is 30.3 Å². The van der Waals surface area contributed by atoms with Crippen LogP contribution in [0.1, 0.15) is 36.0 Å². The van der Waals surface area contributed by atoms with E-state index in [2.05, 4.69) is 10.6 Å². The Bertz CT molecular complexity index is 1290. The van der Waals surface area contributed by atoms with Crippen molar-refractivity contribution in [1.29, 1.82) is 0 Å². The van der Waals surface area contributed by atoms with Gasteiger partial charge in [0.2, 0.25) is 0 Å². The zero-order chi connectivity index (χ0) is 25.1. The van der Waals surface area contributed by atoms with Gasteiger partial charge in [0, 0.05) is 35.8 Å². The Balaban J connectivity index is 1.20. The quantitative estimate of drug-likeness (QED) is 0.474. The second kappa shape index (κ2) is 9.77. The monoisotopic (exact) mass is 492 g/mol. The van der Waals surface area contributed by atoms with Gasteiger partial charge in [-0.2, -0.15) is 0 Å². The van der Waals surface area contributed by atoms with E-state index in [1.165, 1.54) is 37.4 Å². The summed E-state index contributed by atoms with van der Waals surface area (Å²) in [5.74, 6) is 0.172. The lowest BCUT2D eigenvalue weighted by molar-refractivity contribution is -0.118. The molecule has 8 nitrogen and oxygen atoms in total. The summed E-state index contributed by atoms with van der Waals surface area (Å²) in [4.78, 5) is 25.0. The zero-order valence-corrected chi connectivity index (χ0v) is 19.6. The highest BCUT2D eigenvalue weighted by molar-refractivity contribution is 6.04. The molecule has 1 spiro atoms. The summed E-state index contributed by atoms with van der Waals surface area (Å²) in [6.45, 7) is -0.294. The Kier molecular flexibility index (Phi) is 6.37. The fraction of sp³-hybridized carbons (Fsp3) is 0.259. The number of fused-ring (bicyclic) bond motifs is 1. The molecule has 186 valence electrons. The highest BCUT2D eigenvalue weighted by Crippen LogP contribution is 2.47. The van der Waals surface area contributed by atoms with Crippen LogP contribution in [0.3, 0.4) is 0 Å². The van der Waals surface area contributed by atoms with Gasteiger partial charge in [0.15, 0.2) is 29.6 Å². The first-order valence-corrected chi connectivity index (χ1v) is 11.6. The highest BCUT2D eigenvalue weighted by atomic mass is 19.1. The van der Waals surface area contributed by atoms with E-state index in [-0.39, 0.29) is 12.5 Å². The van der Waals surface area contributed by atoms with E-state index in [0.717, 1.165) is 25.7 Å². The van der Waals surface area contributed by atoms with E-state index in [0.29, 0.717) is 39.9 Å². The predicted molar refractivity (Wildman–Crippen MR) is 130 cm³/mol. The lowest BCUT2D eigenvalue weighted by Gasteiger charge is -2.21. The van der Waals surface area contributed by atoms with E-state index >= 15 is 0 Å². The maximum Gasteiger partial charge on any atom is 0.262 e. The smallest absolute Gasteiger partial charge is 0.262 e. The molecule has 0 saturated heterocycles. The van der Waals surface area contributed by atoms with Gasteiger partial charge >= 0.3 is 0 Å². The van der Waals surface area contributed by atoms with Crippen LogP contribution in [-0.2, 0) is 4.79 Å². The third kappa shape index (κ3) is 5.05. The van der Waals surface area contributed by atoms with E-state index < -0.39 is 17.5 Å². The highest BCUT2D eigenvalue weighted by Gasteiger charge is 2.44. The fourth-order valence-electron chi connectivity index (χ4n) is 4.29. The number of carbonyl (C=O) groups excluding carboxylic acids is 2. The standard InChI is InChI=1S/C27H25FN2O6/c1-33-23-14-17(4-10-21(23)34-16-25(31)29-19-7-5-18(28)6-8-19)26(32)30-20-9-11-22-24(15-20)36-27(35-22)12-2-3-13-27/h4-11,14-15H,2-3,12-13,16H2,1H3,(H,29,31)(H,30,32). The van der Waals surface area contributed by atoms with Crippen LogP contribution in [0.5, 0.6) is 23.0 Å². The molecule has 3 aromatic carbocycles. The van der Waals surface area contributed by atoms with Gasteiger partial charge in [0.05, 0.1) is 7.11 Å². The average Bonchev–Trinajstić information content (AvgIpc) is 3.49. The number of hydrogen-bond donors (Lipinski definition) is 2. The van der Waals surface area contributed by atoms with Crippen LogP contribution < -0.4 is 29.6 Å². The number of benzene rings is 3. The van der Waals surface area contributed by atoms with Crippen LogP contribution in [0.15, 0.2) is 60.7 Å². The minimum Gasteiger partial charge on any atom is -0.493 e. The molecule has 0 unspecified atom stereocenters. The van der Waals surface area contributed by atoms with Gasteiger partial charge in [-0.15, -0.1) is 0 Å². The molecule has 1 heterocycles. The molecular formula is C27H25FN2O6. The molecule has 36 heavy (non-hydrogen) atoms. The third-order valence-electron chi connectivity index (χ3n) is 6.07. The molecule has 0 bridgehead atoms. The largest absolute Gasteiger partial charge is 0.493 e. The molecule has 2 aliphatic rings. The van der Waals surface area contributed by atoms with Gasteiger partial charge in [-0.3, -0.25) is 9.59 Å². The molecule has 3 aromatic rings. The van der Waals surface area contributed by atoms with Crippen molar-refractivity contribution in [2.75, 3.05) is 24.4 Å². The molecule has 0 radical (unpaired) electrons. The Morgan fingerprint density at radius 1 is 0.889 bits per heavy atom. The maximum atomic E-state index is 13.0. The summed E-state index contributed by atoms with van der Waals surface area (Å²) < 4.78 is 36.0. The molecule has 9 heteroatoms. The Labute approximate surface area is 207 Å². The third-order valence-corrected chi connectivity index (χ3v) is 6.07.